The van der Waals surface area contributed by atoms with Gasteiger partial charge < -0.3 is 14.6 Å². The lowest BCUT2D eigenvalue weighted by Gasteiger charge is -2.23. The molecule has 3 heteroatoms. The molecule has 0 unspecified atom stereocenters. The van der Waals surface area contributed by atoms with E-state index in [1.165, 1.54) is 11.1 Å². The summed E-state index contributed by atoms with van der Waals surface area (Å²) in [5.41, 5.74) is 4.46. The number of ether oxygens (including phenoxy) is 2. The van der Waals surface area contributed by atoms with Crippen LogP contribution in [0.3, 0.4) is 0 Å². The molecule has 0 spiro atoms. The highest BCUT2D eigenvalue weighted by Crippen LogP contribution is 2.26. The van der Waals surface area contributed by atoms with Gasteiger partial charge in [-0.25, -0.2) is 0 Å². The van der Waals surface area contributed by atoms with Crippen LogP contribution in [0.15, 0.2) is 36.4 Å². The van der Waals surface area contributed by atoms with Crippen molar-refractivity contribution in [3.8, 4) is 11.5 Å². The predicted octanol–water partition coefficient (Wildman–Crippen LogP) is 4.40. The van der Waals surface area contributed by atoms with Gasteiger partial charge in [-0.2, -0.15) is 0 Å². The van der Waals surface area contributed by atoms with Crippen molar-refractivity contribution in [2.75, 3.05) is 6.79 Å². The van der Waals surface area contributed by atoms with Gasteiger partial charge in [0.1, 0.15) is 17.1 Å². The molecule has 0 bridgehead atoms. The standard InChI is InChI=1S/C20H26O3/c1-14-10-16(6-8-18(14)22-13-21)12-17-7-9-19(15(2)11-17)23-20(3,4)5/h6-11,21H,12-13H2,1-5H3. The van der Waals surface area contributed by atoms with E-state index in [1.807, 2.05) is 25.1 Å². The maximum absolute atomic E-state index is 8.85. The molecular weight excluding hydrogens is 288 g/mol. The third-order valence-electron chi connectivity index (χ3n) is 3.52. The normalized spacial score (nSPS) is 11.4. The van der Waals surface area contributed by atoms with E-state index in [0.717, 1.165) is 29.0 Å². The SMILES string of the molecule is Cc1cc(Cc2ccc(OC(C)(C)C)c(C)c2)ccc1OCO. The molecule has 0 amide bonds. The molecule has 0 aliphatic rings. The fourth-order valence-electron chi connectivity index (χ4n) is 2.55. The molecule has 0 saturated heterocycles. The highest BCUT2D eigenvalue weighted by atomic mass is 16.6. The summed E-state index contributed by atoms with van der Waals surface area (Å²) in [6.45, 7) is 9.93. The monoisotopic (exact) mass is 314 g/mol. The van der Waals surface area contributed by atoms with Gasteiger partial charge in [-0.1, -0.05) is 24.3 Å². The second kappa shape index (κ2) is 7.05. The van der Waals surface area contributed by atoms with Crippen LogP contribution < -0.4 is 9.47 Å². The Morgan fingerprint density at radius 1 is 0.870 bits per heavy atom. The Kier molecular flexibility index (Phi) is 5.32. The summed E-state index contributed by atoms with van der Waals surface area (Å²) in [5.74, 6) is 1.66. The van der Waals surface area contributed by atoms with Crippen LogP contribution in [-0.2, 0) is 6.42 Å². The summed E-state index contributed by atoms with van der Waals surface area (Å²) in [5, 5.41) is 8.85. The van der Waals surface area contributed by atoms with E-state index in [0.29, 0.717) is 0 Å². The minimum absolute atomic E-state index is 0.189. The molecule has 0 radical (unpaired) electrons. The highest BCUT2D eigenvalue weighted by molar-refractivity contribution is 5.41. The Labute approximate surface area is 138 Å². The number of aliphatic hydroxyl groups is 1. The average molecular weight is 314 g/mol. The minimum atomic E-state index is -0.297. The first-order chi connectivity index (χ1) is 10.8. The van der Waals surface area contributed by atoms with Crippen molar-refractivity contribution in [1.82, 2.24) is 0 Å². The maximum Gasteiger partial charge on any atom is 0.186 e. The Balaban J connectivity index is 2.14. The molecule has 23 heavy (non-hydrogen) atoms. The largest absolute Gasteiger partial charge is 0.488 e. The topological polar surface area (TPSA) is 38.7 Å². The molecule has 1 N–H and O–H groups in total. The second-order valence-electron chi connectivity index (χ2n) is 6.86. The minimum Gasteiger partial charge on any atom is -0.488 e. The van der Waals surface area contributed by atoms with Crippen LogP contribution in [0.2, 0.25) is 0 Å². The smallest absolute Gasteiger partial charge is 0.186 e. The van der Waals surface area contributed by atoms with Crippen LogP contribution in [-0.4, -0.2) is 17.5 Å². The van der Waals surface area contributed by atoms with Gasteiger partial charge in [0.05, 0.1) is 0 Å². The molecule has 0 aromatic heterocycles. The first kappa shape index (κ1) is 17.4. The quantitative estimate of drug-likeness (QED) is 0.831. The first-order valence-corrected chi connectivity index (χ1v) is 7.90. The number of hydrogen-bond acceptors (Lipinski definition) is 3. The summed E-state index contributed by atoms with van der Waals surface area (Å²) >= 11 is 0. The van der Waals surface area contributed by atoms with Crippen molar-refractivity contribution in [3.63, 3.8) is 0 Å². The van der Waals surface area contributed by atoms with Crippen LogP contribution in [0.25, 0.3) is 0 Å². The van der Waals surface area contributed by atoms with E-state index in [-0.39, 0.29) is 12.4 Å². The average Bonchev–Trinajstić information content (AvgIpc) is 2.44. The van der Waals surface area contributed by atoms with Crippen molar-refractivity contribution < 1.29 is 14.6 Å². The van der Waals surface area contributed by atoms with Gasteiger partial charge in [-0.15, -0.1) is 0 Å². The lowest BCUT2D eigenvalue weighted by Crippen LogP contribution is -2.23. The highest BCUT2D eigenvalue weighted by Gasteiger charge is 2.13. The van der Waals surface area contributed by atoms with Crippen LogP contribution >= 0.6 is 0 Å². The van der Waals surface area contributed by atoms with Crippen molar-refractivity contribution in [1.29, 1.82) is 0 Å². The summed E-state index contributed by atoms with van der Waals surface area (Å²) < 4.78 is 11.1. The Morgan fingerprint density at radius 3 is 1.83 bits per heavy atom. The first-order valence-electron chi connectivity index (χ1n) is 7.90. The van der Waals surface area contributed by atoms with Crippen molar-refractivity contribution >= 4 is 0 Å². The van der Waals surface area contributed by atoms with Crippen LogP contribution in [0.5, 0.6) is 11.5 Å². The summed E-state index contributed by atoms with van der Waals surface area (Å²) in [6, 6.07) is 12.4. The molecule has 3 nitrogen and oxygen atoms in total. The van der Waals surface area contributed by atoms with Crippen molar-refractivity contribution in [3.05, 3.63) is 58.7 Å². The molecule has 0 aliphatic heterocycles. The number of aliphatic hydroxyl groups excluding tert-OH is 1. The second-order valence-corrected chi connectivity index (χ2v) is 6.86. The molecular formula is C20H26O3. The molecule has 0 atom stereocenters. The maximum atomic E-state index is 8.85. The van der Waals surface area contributed by atoms with Gasteiger partial charge >= 0.3 is 0 Å². The van der Waals surface area contributed by atoms with Crippen molar-refractivity contribution in [2.24, 2.45) is 0 Å². The molecule has 0 fully saturated rings. The van der Waals surface area contributed by atoms with E-state index < -0.39 is 0 Å². The molecule has 2 rings (SSSR count). The van der Waals surface area contributed by atoms with Gasteiger partial charge in [0.25, 0.3) is 0 Å². The zero-order valence-corrected chi connectivity index (χ0v) is 14.6. The van der Waals surface area contributed by atoms with Gasteiger partial charge in [-0.05, 0) is 75.4 Å². The fraction of sp³-hybridized carbons (Fsp3) is 0.400. The van der Waals surface area contributed by atoms with Gasteiger partial charge in [0.15, 0.2) is 6.79 Å². The zero-order chi connectivity index (χ0) is 17.0. The molecule has 0 saturated carbocycles. The Morgan fingerprint density at radius 2 is 1.39 bits per heavy atom. The number of hydrogen-bond donors (Lipinski definition) is 1. The molecule has 2 aromatic carbocycles. The van der Waals surface area contributed by atoms with Crippen LogP contribution in [0.1, 0.15) is 43.0 Å². The number of benzene rings is 2. The molecule has 2 aromatic rings. The lowest BCUT2D eigenvalue weighted by atomic mass is 10.0. The summed E-state index contributed by atoms with van der Waals surface area (Å²) in [6.07, 6.45) is 0.858. The van der Waals surface area contributed by atoms with E-state index in [2.05, 4.69) is 45.9 Å². The van der Waals surface area contributed by atoms with E-state index in [4.69, 9.17) is 14.6 Å². The van der Waals surface area contributed by atoms with Gasteiger partial charge in [0, 0.05) is 0 Å². The van der Waals surface area contributed by atoms with Gasteiger partial charge in [-0.3, -0.25) is 0 Å². The third kappa shape index (κ3) is 5.00. The Bertz CT molecular complexity index is 669. The zero-order valence-electron chi connectivity index (χ0n) is 14.6. The van der Waals surface area contributed by atoms with Crippen molar-refractivity contribution in [2.45, 2.75) is 46.6 Å². The lowest BCUT2D eigenvalue weighted by molar-refractivity contribution is 0.0978. The summed E-state index contributed by atoms with van der Waals surface area (Å²) in [4.78, 5) is 0. The van der Waals surface area contributed by atoms with Crippen LogP contribution in [0.4, 0.5) is 0 Å². The number of aryl methyl sites for hydroxylation is 2. The fourth-order valence-corrected chi connectivity index (χ4v) is 2.55. The molecule has 0 heterocycles. The Hall–Kier alpha value is -2.00. The third-order valence-corrected chi connectivity index (χ3v) is 3.52. The molecule has 124 valence electrons. The van der Waals surface area contributed by atoms with Crippen LogP contribution in [0, 0.1) is 13.8 Å². The van der Waals surface area contributed by atoms with E-state index in [9.17, 15) is 0 Å². The van der Waals surface area contributed by atoms with E-state index in [1.54, 1.807) is 0 Å². The summed E-state index contributed by atoms with van der Waals surface area (Å²) in [7, 11) is 0. The molecule has 0 aliphatic carbocycles. The van der Waals surface area contributed by atoms with Gasteiger partial charge in [0.2, 0.25) is 0 Å². The predicted molar refractivity (Wildman–Crippen MR) is 93.3 cm³/mol. The van der Waals surface area contributed by atoms with E-state index >= 15 is 0 Å². The number of rotatable bonds is 5.